The van der Waals surface area contributed by atoms with Crippen molar-refractivity contribution in [2.24, 2.45) is 5.92 Å². The Balaban J connectivity index is 2.45. The number of nitrogens with one attached hydrogen (secondary N) is 1. The molecule has 18 heavy (non-hydrogen) atoms. The van der Waals surface area contributed by atoms with Crippen LogP contribution in [-0.4, -0.2) is 34.9 Å². The molecule has 4 nitrogen and oxygen atoms in total. The Kier molecular flexibility index (Phi) is 5.78. The molecule has 0 saturated carbocycles. The number of hydrogen-bond donors (Lipinski definition) is 1. The third kappa shape index (κ3) is 5.16. The highest BCUT2D eigenvalue weighted by Gasteiger charge is 2.06. The maximum atomic E-state index is 11.3. The quantitative estimate of drug-likeness (QED) is 0.816. The predicted molar refractivity (Wildman–Crippen MR) is 72.3 cm³/mol. The van der Waals surface area contributed by atoms with Crippen LogP contribution < -0.4 is 5.32 Å². The Morgan fingerprint density at radius 3 is 2.39 bits per heavy atom. The smallest absolute Gasteiger partial charge is 0.175 e. The van der Waals surface area contributed by atoms with Crippen molar-refractivity contribution in [3.63, 3.8) is 0 Å². The van der Waals surface area contributed by atoms with Crippen molar-refractivity contribution in [1.29, 1.82) is 0 Å². The van der Waals surface area contributed by atoms with Gasteiger partial charge in [0, 0.05) is 33.1 Å². The maximum Gasteiger partial charge on any atom is 0.175 e. The molecule has 0 aliphatic rings. The molecule has 0 radical (unpaired) electrons. The molecule has 0 amide bonds. The second kappa shape index (κ2) is 6.87. The molecule has 5 heteroatoms. The molecule has 0 heterocycles. The second-order valence-electron chi connectivity index (χ2n) is 4.61. The molecule has 0 saturated heterocycles. The molecule has 0 aliphatic carbocycles. The van der Waals surface area contributed by atoms with Gasteiger partial charge >= 0.3 is 0 Å². The van der Waals surface area contributed by atoms with Gasteiger partial charge in [0.1, 0.15) is 0 Å². The molecule has 102 valence electrons. The van der Waals surface area contributed by atoms with Crippen molar-refractivity contribution in [3.8, 4) is 0 Å². The normalized spacial score (nSPS) is 13.5. The highest BCUT2D eigenvalue weighted by atomic mass is 32.2. The van der Waals surface area contributed by atoms with E-state index in [-0.39, 0.29) is 0 Å². The summed E-state index contributed by atoms with van der Waals surface area (Å²) in [6.45, 7) is 4.46. The van der Waals surface area contributed by atoms with E-state index in [2.05, 4.69) is 12.2 Å². The van der Waals surface area contributed by atoms with E-state index in [1.54, 1.807) is 19.2 Å². The van der Waals surface area contributed by atoms with Crippen molar-refractivity contribution >= 4 is 9.84 Å². The van der Waals surface area contributed by atoms with Gasteiger partial charge in [-0.05, 0) is 23.6 Å². The van der Waals surface area contributed by atoms with Crippen LogP contribution in [0.25, 0.3) is 0 Å². The molecular formula is C13H21NO3S. The number of sulfone groups is 1. The lowest BCUT2D eigenvalue weighted by atomic mass is 10.2. The van der Waals surface area contributed by atoms with E-state index in [1.807, 2.05) is 12.1 Å². The number of hydrogen-bond acceptors (Lipinski definition) is 4. The van der Waals surface area contributed by atoms with E-state index in [9.17, 15) is 8.42 Å². The van der Waals surface area contributed by atoms with Crippen LogP contribution in [0.1, 0.15) is 12.5 Å². The summed E-state index contributed by atoms with van der Waals surface area (Å²) in [7, 11) is -1.40. The van der Waals surface area contributed by atoms with Gasteiger partial charge in [0.2, 0.25) is 0 Å². The summed E-state index contributed by atoms with van der Waals surface area (Å²) < 4.78 is 27.6. The number of ether oxygens (including phenoxy) is 1. The minimum absolute atomic E-state index is 0.360. The van der Waals surface area contributed by atoms with Crippen LogP contribution in [-0.2, 0) is 21.1 Å². The Hall–Kier alpha value is -0.910. The fourth-order valence-corrected chi connectivity index (χ4v) is 2.29. The first-order chi connectivity index (χ1) is 8.43. The van der Waals surface area contributed by atoms with Gasteiger partial charge in [-0.3, -0.25) is 0 Å². The van der Waals surface area contributed by atoms with Gasteiger partial charge in [0.05, 0.1) is 4.90 Å². The monoisotopic (exact) mass is 271 g/mol. The van der Waals surface area contributed by atoms with Crippen molar-refractivity contribution < 1.29 is 13.2 Å². The molecule has 1 unspecified atom stereocenters. The molecule has 1 rings (SSSR count). The molecule has 0 spiro atoms. The highest BCUT2D eigenvalue weighted by molar-refractivity contribution is 7.90. The first-order valence-corrected chi connectivity index (χ1v) is 7.81. The number of methoxy groups -OCH3 is 1. The Morgan fingerprint density at radius 2 is 1.89 bits per heavy atom. The lowest BCUT2D eigenvalue weighted by molar-refractivity contribution is 0.158. The minimum Gasteiger partial charge on any atom is -0.384 e. The van der Waals surface area contributed by atoms with Crippen LogP contribution in [0.3, 0.4) is 0 Å². The van der Waals surface area contributed by atoms with Crippen LogP contribution in [0.4, 0.5) is 0 Å². The topological polar surface area (TPSA) is 55.4 Å². The SMILES string of the molecule is COCC(C)CNCc1ccc(S(C)(=O)=O)cc1. The Labute approximate surface area is 109 Å². The third-order valence-corrected chi connectivity index (χ3v) is 3.75. The van der Waals surface area contributed by atoms with Crippen LogP contribution >= 0.6 is 0 Å². The van der Waals surface area contributed by atoms with Gasteiger partial charge in [-0.2, -0.15) is 0 Å². The molecule has 0 bridgehead atoms. The second-order valence-corrected chi connectivity index (χ2v) is 6.62. The van der Waals surface area contributed by atoms with Crippen molar-refractivity contribution in [1.82, 2.24) is 5.32 Å². The van der Waals surface area contributed by atoms with Crippen molar-refractivity contribution in [2.45, 2.75) is 18.4 Å². The fourth-order valence-electron chi connectivity index (χ4n) is 1.66. The summed E-state index contributed by atoms with van der Waals surface area (Å²) in [6, 6.07) is 6.96. The standard InChI is InChI=1S/C13H21NO3S/c1-11(10-17-2)8-14-9-12-4-6-13(7-5-12)18(3,15)16/h4-7,11,14H,8-10H2,1-3H3. The average Bonchev–Trinajstić information content (AvgIpc) is 2.29. The van der Waals surface area contributed by atoms with E-state index in [0.29, 0.717) is 10.8 Å². The molecule has 0 fully saturated rings. The van der Waals surface area contributed by atoms with Gasteiger partial charge < -0.3 is 10.1 Å². The fraction of sp³-hybridized carbons (Fsp3) is 0.538. The van der Waals surface area contributed by atoms with Crippen LogP contribution in [0.2, 0.25) is 0 Å². The zero-order chi connectivity index (χ0) is 13.6. The van der Waals surface area contributed by atoms with Crippen molar-refractivity contribution in [3.05, 3.63) is 29.8 Å². The minimum atomic E-state index is -3.10. The van der Waals surface area contributed by atoms with E-state index >= 15 is 0 Å². The van der Waals surface area contributed by atoms with Crippen LogP contribution in [0.15, 0.2) is 29.2 Å². The highest BCUT2D eigenvalue weighted by Crippen LogP contribution is 2.10. The molecule has 1 N–H and O–H groups in total. The molecule has 0 aromatic heterocycles. The van der Waals surface area contributed by atoms with Gasteiger partial charge in [-0.15, -0.1) is 0 Å². The zero-order valence-corrected chi connectivity index (χ0v) is 12.0. The molecule has 1 atom stereocenters. The first-order valence-electron chi connectivity index (χ1n) is 5.92. The summed E-state index contributed by atoms with van der Waals surface area (Å²) in [5.41, 5.74) is 1.08. The van der Waals surface area contributed by atoms with E-state index < -0.39 is 9.84 Å². The van der Waals surface area contributed by atoms with Crippen molar-refractivity contribution in [2.75, 3.05) is 26.5 Å². The van der Waals surface area contributed by atoms with Gasteiger partial charge in [0.25, 0.3) is 0 Å². The Morgan fingerprint density at radius 1 is 1.28 bits per heavy atom. The largest absolute Gasteiger partial charge is 0.384 e. The van der Waals surface area contributed by atoms with E-state index in [0.717, 1.165) is 25.3 Å². The lowest BCUT2D eigenvalue weighted by Crippen LogP contribution is -2.23. The molecule has 0 aliphatic heterocycles. The van der Waals surface area contributed by atoms with E-state index in [4.69, 9.17) is 4.74 Å². The predicted octanol–water partition coefficient (Wildman–Crippen LogP) is 1.46. The molecule has 1 aromatic rings. The van der Waals surface area contributed by atoms with Gasteiger partial charge in [0.15, 0.2) is 9.84 Å². The average molecular weight is 271 g/mol. The van der Waals surface area contributed by atoms with E-state index in [1.165, 1.54) is 6.26 Å². The summed E-state index contributed by atoms with van der Waals surface area (Å²) in [5.74, 6) is 0.463. The summed E-state index contributed by atoms with van der Waals surface area (Å²) in [6.07, 6.45) is 1.21. The maximum absolute atomic E-state index is 11.3. The van der Waals surface area contributed by atoms with Gasteiger partial charge in [-0.25, -0.2) is 8.42 Å². The summed E-state index contributed by atoms with van der Waals surface area (Å²) in [5, 5.41) is 3.32. The molecule has 1 aromatic carbocycles. The summed E-state index contributed by atoms with van der Waals surface area (Å²) >= 11 is 0. The summed E-state index contributed by atoms with van der Waals surface area (Å²) in [4.78, 5) is 0.360. The first kappa shape index (κ1) is 15.1. The van der Waals surface area contributed by atoms with Crippen LogP contribution in [0, 0.1) is 5.92 Å². The van der Waals surface area contributed by atoms with Gasteiger partial charge in [-0.1, -0.05) is 19.1 Å². The lowest BCUT2D eigenvalue weighted by Gasteiger charge is -2.11. The zero-order valence-electron chi connectivity index (χ0n) is 11.1. The Bertz CT molecular complexity index is 454. The third-order valence-electron chi connectivity index (χ3n) is 2.62. The number of rotatable bonds is 7. The van der Waals surface area contributed by atoms with Crippen LogP contribution in [0.5, 0.6) is 0 Å². The number of benzene rings is 1. The molecular weight excluding hydrogens is 250 g/mol.